The van der Waals surface area contributed by atoms with E-state index in [1.54, 1.807) is 48.8 Å². The molecule has 2 N–H and O–H groups in total. The summed E-state index contributed by atoms with van der Waals surface area (Å²) >= 11 is 0. The number of methoxy groups -OCH3 is 2. The molecule has 0 atom stereocenters. The van der Waals surface area contributed by atoms with E-state index in [0.717, 1.165) is 13.2 Å². The summed E-state index contributed by atoms with van der Waals surface area (Å²) in [5.41, 5.74) is 0.991. The molecule has 1 fully saturated rings. The Kier molecular flexibility index (Phi) is 19.5. The van der Waals surface area contributed by atoms with Crippen LogP contribution in [-0.2, 0) is 4.74 Å². The molecular formula is C25H34BrLiMgN2O5+2. The Labute approximate surface area is 247 Å². The van der Waals surface area contributed by atoms with Crippen molar-refractivity contribution in [1.82, 2.24) is 0 Å². The van der Waals surface area contributed by atoms with Gasteiger partial charge in [0.2, 0.25) is 0 Å². The summed E-state index contributed by atoms with van der Waals surface area (Å²) in [7, 11) is 2.96. The van der Waals surface area contributed by atoms with Gasteiger partial charge in [0.1, 0.15) is 11.5 Å². The van der Waals surface area contributed by atoms with Crippen molar-refractivity contribution in [3.8, 4) is 23.0 Å². The van der Waals surface area contributed by atoms with Crippen LogP contribution in [0.4, 0.5) is 0 Å². The molecule has 182 valence electrons. The van der Waals surface area contributed by atoms with Crippen molar-refractivity contribution < 1.29 is 70.3 Å². The van der Waals surface area contributed by atoms with Gasteiger partial charge in [0, 0.05) is 24.3 Å². The summed E-state index contributed by atoms with van der Waals surface area (Å²) in [6, 6.07) is 10.3. The molecule has 10 heteroatoms. The molecule has 1 aliphatic rings. The molecule has 1 heterocycles. The molecule has 1 saturated heterocycles. The van der Waals surface area contributed by atoms with Crippen molar-refractivity contribution >= 4 is 35.5 Å². The maximum atomic E-state index is 12.1. The van der Waals surface area contributed by atoms with E-state index in [-0.39, 0.29) is 75.8 Å². The van der Waals surface area contributed by atoms with Gasteiger partial charge in [-0.1, -0.05) is 23.6 Å². The zero-order valence-corrected chi connectivity index (χ0v) is 24.5. The molecule has 0 aliphatic carbocycles. The van der Waals surface area contributed by atoms with Gasteiger partial charge >= 0.3 is 41.9 Å². The van der Waals surface area contributed by atoms with Crippen LogP contribution in [0, 0.1) is 5.41 Å². The van der Waals surface area contributed by atoms with Crippen LogP contribution in [0.15, 0.2) is 36.4 Å². The molecule has 2 aromatic carbocycles. The molecular weight excluding hydrogens is 519 g/mol. The van der Waals surface area contributed by atoms with E-state index in [2.05, 4.69) is 23.8 Å². The van der Waals surface area contributed by atoms with Gasteiger partial charge in [-0.3, -0.25) is 0 Å². The smallest absolute Gasteiger partial charge is 1.00 e. The maximum absolute atomic E-state index is 12.1. The normalized spacial score (nSPS) is 12.7. The Morgan fingerprint density at radius 2 is 1.26 bits per heavy atom. The minimum absolute atomic E-state index is 0. The predicted molar refractivity (Wildman–Crippen MR) is 126 cm³/mol. The van der Waals surface area contributed by atoms with Crippen LogP contribution in [0.5, 0.6) is 23.0 Å². The van der Waals surface area contributed by atoms with Gasteiger partial charge in [0.05, 0.1) is 19.6 Å². The number of benzene rings is 2. The van der Waals surface area contributed by atoms with Crippen LogP contribution in [0.2, 0.25) is 0 Å². The molecule has 0 aromatic heterocycles. The summed E-state index contributed by atoms with van der Waals surface area (Å²) in [5.74, 6) is 0.371. The molecule has 0 amide bonds. The molecule has 0 spiro atoms. The van der Waals surface area contributed by atoms with Crippen LogP contribution < -0.4 is 65.5 Å². The van der Waals surface area contributed by atoms with Crippen LogP contribution in [0.1, 0.15) is 37.8 Å². The zero-order valence-electron chi connectivity index (χ0n) is 21.5. The minimum atomic E-state index is -0.141. The topological polar surface area (TPSA) is 102 Å². The Bertz CT molecular complexity index is 850. The second-order valence-electron chi connectivity index (χ2n) is 8.29. The molecule has 0 bridgehead atoms. The SMILES string of the molecule is C1CCOC1.COc1cccc(C=[NH+]CC(C)(C)C[NH+]=Cc2cccc(OC)c2[O-])c1[O-].[Br-].[Li+].[Mg+2]. The second-order valence-corrected chi connectivity index (χ2v) is 8.29. The summed E-state index contributed by atoms with van der Waals surface area (Å²) < 4.78 is 15.0. The molecule has 0 saturated carbocycles. The van der Waals surface area contributed by atoms with E-state index in [9.17, 15) is 10.2 Å². The third kappa shape index (κ3) is 12.5. The number of ether oxygens (including phenoxy) is 3. The van der Waals surface area contributed by atoms with E-state index in [0.29, 0.717) is 35.7 Å². The number of rotatable bonds is 8. The average molecular weight is 554 g/mol. The van der Waals surface area contributed by atoms with E-state index >= 15 is 0 Å². The van der Waals surface area contributed by atoms with Gasteiger partial charge < -0.3 is 41.4 Å². The third-order valence-electron chi connectivity index (χ3n) is 4.96. The second kappa shape index (κ2) is 19.0. The summed E-state index contributed by atoms with van der Waals surface area (Å²) in [5, 5.41) is 24.2. The molecule has 2 aromatic rings. The fraction of sp³-hybridized carbons (Fsp3) is 0.440. The van der Waals surface area contributed by atoms with E-state index < -0.39 is 0 Å². The Hall–Kier alpha value is -1.22. The number of hydrogen-bond acceptors (Lipinski definition) is 5. The zero-order chi connectivity index (χ0) is 23.4. The summed E-state index contributed by atoms with van der Waals surface area (Å²) in [6.07, 6.45) is 5.96. The van der Waals surface area contributed by atoms with Crippen molar-refractivity contribution in [2.45, 2.75) is 26.7 Å². The number of para-hydroxylation sites is 2. The first-order valence-electron chi connectivity index (χ1n) is 10.8. The van der Waals surface area contributed by atoms with Crippen LogP contribution >= 0.6 is 0 Å². The molecule has 35 heavy (non-hydrogen) atoms. The fourth-order valence-corrected chi connectivity index (χ4v) is 3.06. The molecule has 0 unspecified atom stereocenters. The monoisotopic (exact) mass is 552 g/mol. The van der Waals surface area contributed by atoms with Crippen molar-refractivity contribution in [1.29, 1.82) is 0 Å². The molecule has 3 rings (SSSR count). The number of hydrogen-bond donors (Lipinski definition) is 2. The average Bonchev–Trinajstić information content (AvgIpc) is 3.36. The summed E-state index contributed by atoms with van der Waals surface area (Å²) in [6.45, 7) is 7.46. The standard InChI is InChI=1S/C21H26N2O4.C4H8O.BrH.Li.Mg/c1-21(2,13-22-11-15-7-5-9-17(26-3)19(15)24)14-23-12-16-8-6-10-18(27-4)20(16)25;1-2-4-5-3-1;;;/h5-12,24-25H,13-14H2,1-4H3;1-4H2;1H;;/q;;;+1;+2/p-1. The molecule has 7 nitrogen and oxygen atoms in total. The van der Waals surface area contributed by atoms with E-state index in [1.165, 1.54) is 27.1 Å². The van der Waals surface area contributed by atoms with Gasteiger partial charge in [0.15, 0.2) is 25.5 Å². The number of nitrogens with one attached hydrogen (secondary N) is 2. The van der Waals surface area contributed by atoms with Crippen molar-refractivity contribution in [3.63, 3.8) is 0 Å². The van der Waals surface area contributed by atoms with Crippen molar-refractivity contribution in [2.24, 2.45) is 5.41 Å². The third-order valence-corrected chi connectivity index (χ3v) is 4.96. The largest absolute Gasteiger partial charge is 2.00 e. The van der Waals surface area contributed by atoms with Crippen LogP contribution in [0.25, 0.3) is 0 Å². The van der Waals surface area contributed by atoms with E-state index in [4.69, 9.17) is 14.2 Å². The molecule has 1 aliphatic heterocycles. The van der Waals surface area contributed by atoms with Gasteiger partial charge in [0.25, 0.3) is 0 Å². The van der Waals surface area contributed by atoms with Gasteiger partial charge in [-0.2, -0.15) is 0 Å². The number of halogens is 1. The Morgan fingerprint density at radius 1 is 0.857 bits per heavy atom. The first-order chi connectivity index (χ1) is 15.4. The quantitative estimate of drug-likeness (QED) is 0.250. The first-order valence-corrected chi connectivity index (χ1v) is 10.8. The predicted octanol–water partition coefficient (Wildman–Crippen LogP) is -7.00. The van der Waals surface area contributed by atoms with E-state index in [1.807, 2.05) is 0 Å². The van der Waals surface area contributed by atoms with Crippen molar-refractivity contribution in [3.05, 3.63) is 47.5 Å². The fourth-order valence-electron chi connectivity index (χ4n) is 3.06. The summed E-state index contributed by atoms with van der Waals surface area (Å²) in [4.78, 5) is 6.39. The van der Waals surface area contributed by atoms with Crippen molar-refractivity contribution in [2.75, 3.05) is 40.5 Å². The first kappa shape index (κ1) is 35.9. The van der Waals surface area contributed by atoms with Gasteiger partial charge in [-0.15, -0.1) is 0 Å². The van der Waals surface area contributed by atoms with Gasteiger partial charge in [-0.05, 0) is 51.0 Å². The Morgan fingerprint density at radius 3 is 1.57 bits per heavy atom. The maximum Gasteiger partial charge on any atom is 2.00 e. The van der Waals surface area contributed by atoms with Crippen LogP contribution in [0.3, 0.4) is 0 Å². The molecule has 0 radical (unpaired) electrons. The minimum Gasteiger partial charge on any atom is -1.00 e. The Balaban J connectivity index is 0. The van der Waals surface area contributed by atoms with Gasteiger partial charge in [-0.25, -0.2) is 9.98 Å². The van der Waals surface area contributed by atoms with Crippen LogP contribution in [-0.4, -0.2) is 76.0 Å².